The van der Waals surface area contributed by atoms with Crippen LogP contribution in [0, 0.1) is 5.82 Å². The fraction of sp³-hybridized carbons (Fsp3) is 0.438. The molecule has 2 aliphatic rings. The van der Waals surface area contributed by atoms with Gasteiger partial charge in [0.05, 0.1) is 18.2 Å². The number of halogens is 1. The smallest absolute Gasteiger partial charge is 0.227 e. The molecule has 1 aromatic carbocycles. The predicted octanol–water partition coefficient (Wildman–Crippen LogP) is 1.92. The first-order valence-electron chi connectivity index (χ1n) is 7.63. The van der Waals surface area contributed by atoms with E-state index in [1.54, 1.807) is 12.1 Å². The highest BCUT2D eigenvalue weighted by Crippen LogP contribution is 2.39. The minimum Gasteiger partial charge on any atom is -0.338 e. The van der Waals surface area contributed by atoms with Gasteiger partial charge >= 0.3 is 0 Å². The summed E-state index contributed by atoms with van der Waals surface area (Å²) in [5.74, 6) is 0.397. The fourth-order valence-electron chi connectivity index (χ4n) is 2.75. The Morgan fingerprint density at radius 3 is 2.64 bits per heavy atom. The molecule has 1 aliphatic carbocycles. The molecule has 2 heterocycles. The Balaban J connectivity index is 1.32. The Kier molecular flexibility index (Phi) is 3.17. The lowest BCUT2D eigenvalue weighted by molar-refractivity contribution is -0.136. The van der Waals surface area contributed by atoms with Crippen LogP contribution >= 0.6 is 0 Å². The van der Waals surface area contributed by atoms with Gasteiger partial charge in [0.25, 0.3) is 0 Å². The van der Waals surface area contributed by atoms with Crippen molar-refractivity contribution in [1.29, 1.82) is 0 Å². The number of hydrogen-bond acceptors (Lipinski definition) is 3. The molecular weight excluding hydrogens is 283 g/mol. The first-order valence-corrected chi connectivity index (χ1v) is 7.63. The summed E-state index contributed by atoms with van der Waals surface area (Å²) in [6.45, 7) is 1.35. The van der Waals surface area contributed by atoms with Crippen LogP contribution in [0.3, 0.4) is 0 Å². The van der Waals surface area contributed by atoms with Crippen LogP contribution in [-0.2, 0) is 11.2 Å². The lowest BCUT2D eigenvalue weighted by Gasteiger charge is -2.39. The van der Waals surface area contributed by atoms with Crippen molar-refractivity contribution in [2.75, 3.05) is 13.1 Å². The van der Waals surface area contributed by atoms with Crippen molar-refractivity contribution in [3.63, 3.8) is 0 Å². The van der Waals surface area contributed by atoms with E-state index in [0.717, 1.165) is 11.3 Å². The van der Waals surface area contributed by atoms with Gasteiger partial charge in [0.2, 0.25) is 5.91 Å². The van der Waals surface area contributed by atoms with Gasteiger partial charge < -0.3 is 4.90 Å². The normalized spacial score (nSPS) is 18.3. The van der Waals surface area contributed by atoms with E-state index in [-0.39, 0.29) is 17.8 Å². The Morgan fingerprint density at radius 2 is 1.95 bits per heavy atom. The lowest BCUT2D eigenvalue weighted by atomic mass is 10.1. The number of hydrogen-bond donors (Lipinski definition) is 0. The summed E-state index contributed by atoms with van der Waals surface area (Å²) in [5.41, 5.74) is 1.92. The first-order chi connectivity index (χ1) is 10.7. The largest absolute Gasteiger partial charge is 0.338 e. The monoisotopic (exact) mass is 300 g/mol. The van der Waals surface area contributed by atoms with Crippen LogP contribution in [0.2, 0.25) is 0 Å². The molecule has 0 N–H and O–H groups in total. The van der Waals surface area contributed by atoms with Gasteiger partial charge in [-0.1, -0.05) is 17.3 Å². The summed E-state index contributed by atoms with van der Waals surface area (Å²) in [7, 11) is 0. The molecule has 2 fully saturated rings. The summed E-state index contributed by atoms with van der Waals surface area (Å²) >= 11 is 0. The van der Waals surface area contributed by atoms with Gasteiger partial charge in [0.15, 0.2) is 0 Å². The molecule has 2 aromatic rings. The zero-order chi connectivity index (χ0) is 15.1. The van der Waals surface area contributed by atoms with Gasteiger partial charge in [-0.05, 0) is 30.5 Å². The van der Waals surface area contributed by atoms with E-state index in [1.165, 1.54) is 25.0 Å². The summed E-state index contributed by atoms with van der Waals surface area (Å²) in [6.07, 6.45) is 4.76. The maximum Gasteiger partial charge on any atom is 0.227 e. The predicted molar refractivity (Wildman–Crippen MR) is 77.7 cm³/mol. The van der Waals surface area contributed by atoms with E-state index in [9.17, 15) is 9.18 Å². The molecule has 5 nitrogen and oxygen atoms in total. The highest BCUT2D eigenvalue weighted by molar-refractivity contribution is 5.79. The molecule has 1 saturated carbocycles. The van der Waals surface area contributed by atoms with Crippen molar-refractivity contribution < 1.29 is 9.18 Å². The number of amides is 1. The van der Waals surface area contributed by atoms with Crippen LogP contribution in [-0.4, -0.2) is 38.9 Å². The molecule has 0 spiro atoms. The number of benzene rings is 1. The minimum absolute atomic E-state index is 0.0744. The molecule has 4 rings (SSSR count). The van der Waals surface area contributed by atoms with Crippen LogP contribution in [0.4, 0.5) is 4.39 Å². The van der Waals surface area contributed by atoms with Crippen LogP contribution in [0.5, 0.6) is 0 Å². The Labute approximate surface area is 127 Å². The molecule has 1 aromatic heterocycles. The second-order valence-electron chi connectivity index (χ2n) is 6.15. The molecule has 0 atom stereocenters. The SMILES string of the molecule is O=C(Cc1ccc(F)cc1)N1CC(n2cc(C3CC3)nn2)C1. The Bertz CT molecular complexity index is 686. The fourth-order valence-corrected chi connectivity index (χ4v) is 2.75. The summed E-state index contributed by atoms with van der Waals surface area (Å²) in [6, 6.07) is 6.32. The molecule has 0 unspecified atom stereocenters. The standard InChI is InChI=1S/C16H17FN4O/c17-13-5-1-11(2-6-13)7-16(22)20-8-14(9-20)21-10-15(18-19-21)12-3-4-12/h1-2,5-6,10,12,14H,3-4,7-9H2. The van der Waals surface area contributed by atoms with E-state index >= 15 is 0 Å². The second-order valence-corrected chi connectivity index (χ2v) is 6.15. The van der Waals surface area contributed by atoms with E-state index in [0.29, 0.717) is 25.4 Å². The van der Waals surface area contributed by atoms with Gasteiger partial charge in [-0.2, -0.15) is 0 Å². The third-order valence-electron chi connectivity index (χ3n) is 4.38. The molecule has 0 bridgehead atoms. The molecular formula is C16H17FN4O. The third kappa shape index (κ3) is 2.61. The summed E-state index contributed by atoms with van der Waals surface area (Å²) < 4.78 is 14.7. The number of rotatable bonds is 4. The van der Waals surface area contributed by atoms with Crippen molar-refractivity contribution in [1.82, 2.24) is 19.9 Å². The van der Waals surface area contributed by atoms with Gasteiger partial charge in [0.1, 0.15) is 5.82 Å². The second kappa shape index (κ2) is 5.19. The van der Waals surface area contributed by atoms with Crippen molar-refractivity contribution >= 4 is 5.91 Å². The Hall–Kier alpha value is -2.24. The molecule has 0 radical (unpaired) electrons. The lowest BCUT2D eigenvalue weighted by Crippen LogP contribution is -2.51. The maximum atomic E-state index is 12.9. The quantitative estimate of drug-likeness (QED) is 0.867. The van der Waals surface area contributed by atoms with Crippen molar-refractivity contribution in [3.8, 4) is 0 Å². The number of likely N-dealkylation sites (tertiary alicyclic amines) is 1. The average Bonchev–Trinajstić information content (AvgIpc) is 3.20. The van der Waals surface area contributed by atoms with Gasteiger partial charge in [0, 0.05) is 25.2 Å². The first kappa shape index (κ1) is 13.4. The minimum atomic E-state index is -0.280. The van der Waals surface area contributed by atoms with Crippen molar-refractivity contribution in [3.05, 3.63) is 47.5 Å². The average molecular weight is 300 g/mol. The maximum absolute atomic E-state index is 12.9. The van der Waals surface area contributed by atoms with Crippen LogP contribution in [0.15, 0.2) is 30.5 Å². The van der Waals surface area contributed by atoms with Gasteiger partial charge in [-0.3, -0.25) is 4.79 Å². The van der Waals surface area contributed by atoms with Crippen molar-refractivity contribution in [2.24, 2.45) is 0 Å². The summed E-state index contributed by atoms with van der Waals surface area (Å²) in [5, 5.41) is 8.37. The highest BCUT2D eigenvalue weighted by Gasteiger charge is 2.34. The van der Waals surface area contributed by atoms with Gasteiger partial charge in [-0.15, -0.1) is 5.10 Å². The molecule has 1 amide bonds. The van der Waals surface area contributed by atoms with E-state index < -0.39 is 0 Å². The molecule has 1 saturated heterocycles. The zero-order valence-corrected chi connectivity index (χ0v) is 12.2. The zero-order valence-electron chi connectivity index (χ0n) is 12.2. The molecule has 1 aliphatic heterocycles. The number of carbonyl (C=O) groups is 1. The van der Waals surface area contributed by atoms with Crippen LogP contribution < -0.4 is 0 Å². The molecule has 22 heavy (non-hydrogen) atoms. The van der Waals surface area contributed by atoms with Crippen LogP contribution in [0.25, 0.3) is 0 Å². The van der Waals surface area contributed by atoms with Crippen LogP contribution in [0.1, 0.15) is 36.1 Å². The number of carbonyl (C=O) groups excluding carboxylic acids is 1. The van der Waals surface area contributed by atoms with Gasteiger partial charge in [-0.25, -0.2) is 9.07 Å². The number of aromatic nitrogens is 3. The highest BCUT2D eigenvalue weighted by atomic mass is 19.1. The molecule has 114 valence electrons. The molecule has 6 heteroatoms. The van der Waals surface area contributed by atoms with Crippen molar-refractivity contribution in [2.45, 2.75) is 31.2 Å². The summed E-state index contributed by atoms with van der Waals surface area (Å²) in [4.78, 5) is 14.0. The topological polar surface area (TPSA) is 51.0 Å². The van der Waals surface area contributed by atoms with E-state index in [4.69, 9.17) is 0 Å². The van der Waals surface area contributed by atoms with E-state index in [1.807, 2.05) is 15.8 Å². The third-order valence-corrected chi connectivity index (χ3v) is 4.38. The number of nitrogens with zero attached hydrogens (tertiary/aromatic N) is 4. The Morgan fingerprint density at radius 1 is 1.23 bits per heavy atom. The van der Waals surface area contributed by atoms with E-state index in [2.05, 4.69) is 10.3 Å².